The predicted octanol–water partition coefficient (Wildman–Crippen LogP) is 4.17. The van der Waals surface area contributed by atoms with Crippen LogP contribution in [0.25, 0.3) is 10.6 Å². The Hall–Kier alpha value is 0.303. The van der Waals surface area contributed by atoms with Crippen molar-refractivity contribution in [2.75, 3.05) is 0 Å². The number of nitrogens with one attached hydrogen (secondary N) is 6. The molecule has 16 unspecified atom stereocenters. The smallest absolute Gasteiger partial charge is 0.632 e. The third-order valence-electron chi connectivity index (χ3n) is 13.6. The van der Waals surface area contributed by atoms with Gasteiger partial charge in [0.25, 0.3) is 0 Å². The standard InChI is InChI=1S/C32H54N8.Zn/c1-2-10-18-17(9-1)25-33-26(18)38-28-21-13-5-6-14-22(21)30(35-28)40-32-24-16-8-7-15-23(24)31(36-32)39-29-20-12-4-3-11-19(20)27(34-29)37-25;/h17-35,37,39-40H,1-16H2;/q-2;+2. The zero-order valence-electron chi connectivity index (χ0n) is 25.2. The van der Waals surface area contributed by atoms with Crippen molar-refractivity contribution >= 4 is 0 Å². The average molecular weight is 616 g/mol. The van der Waals surface area contributed by atoms with Crippen LogP contribution in [0.4, 0.5) is 0 Å². The number of hydrogen-bond donors (Lipinski definition) is 6. The molecule has 0 aromatic carbocycles. The van der Waals surface area contributed by atoms with Gasteiger partial charge in [0.05, 0.1) is 24.7 Å². The first kappa shape index (κ1) is 28.8. The van der Waals surface area contributed by atoms with E-state index in [1.54, 1.807) is 0 Å². The van der Waals surface area contributed by atoms with Crippen LogP contribution >= 0.6 is 0 Å². The number of nitrogens with zero attached hydrogens (tertiary/aromatic N) is 2. The van der Waals surface area contributed by atoms with E-state index in [-0.39, 0.29) is 44.1 Å². The topological polar surface area (TPSA) is 100 Å². The first-order valence-corrected chi connectivity index (χ1v) is 17.8. The summed E-state index contributed by atoms with van der Waals surface area (Å²) in [7, 11) is 0. The van der Waals surface area contributed by atoms with Gasteiger partial charge in [-0.2, -0.15) is 0 Å². The molecule has 4 saturated carbocycles. The number of hydrogen-bond acceptors (Lipinski definition) is 6. The summed E-state index contributed by atoms with van der Waals surface area (Å²) in [5, 5.41) is 36.3. The molecule has 16 atom stereocenters. The molecule has 41 heavy (non-hydrogen) atoms. The van der Waals surface area contributed by atoms with Gasteiger partial charge in [-0.05, 0) is 73.0 Å². The molecule has 4 aliphatic carbocycles. The molecule has 8 bridgehead atoms. The molecule has 0 aromatic heterocycles. The molecule has 224 valence electrons. The van der Waals surface area contributed by atoms with Gasteiger partial charge in [-0.15, -0.1) is 0 Å². The molecule has 9 fully saturated rings. The van der Waals surface area contributed by atoms with Gasteiger partial charge in [-0.1, -0.05) is 102 Å². The average Bonchev–Trinajstić information content (AvgIpc) is 3.73. The van der Waals surface area contributed by atoms with Crippen molar-refractivity contribution in [1.29, 1.82) is 0 Å². The Morgan fingerprint density at radius 3 is 0.854 bits per heavy atom. The van der Waals surface area contributed by atoms with Crippen molar-refractivity contribution in [3.63, 3.8) is 0 Å². The van der Waals surface area contributed by atoms with Crippen LogP contribution in [-0.2, 0) is 19.5 Å². The summed E-state index contributed by atoms with van der Waals surface area (Å²) < 4.78 is 0. The van der Waals surface area contributed by atoms with E-state index in [0.717, 1.165) is 11.8 Å². The molecule has 9 heteroatoms. The third-order valence-corrected chi connectivity index (χ3v) is 13.6. The maximum atomic E-state index is 5.71. The van der Waals surface area contributed by atoms with Crippen LogP contribution in [0.2, 0.25) is 0 Å². The van der Waals surface area contributed by atoms with Crippen molar-refractivity contribution in [3.05, 3.63) is 10.6 Å². The second-order valence-corrected chi connectivity index (χ2v) is 15.4. The Morgan fingerprint density at radius 1 is 0.293 bits per heavy atom. The minimum Gasteiger partial charge on any atom is -0.632 e. The molecule has 9 rings (SSSR count). The summed E-state index contributed by atoms with van der Waals surface area (Å²) in [5.41, 5.74) is 0. The second kappa shape index (κ2) is 11.9. The second-order valence-electron chi connectivity index (χ2n) is 15.4. The van der Waals surface area contributed by atoms with Crippen LogP contribution in [0.15, 0.2) is 0 Å². The molecule has 6 N–H and O–H groups in total. The Balaban J connectivity index is 0.00000256. The van der Waals surface area contributed by atoms with Gasteiger partial charge < -0.3 is 31.9 Å². The van der Waals surface area contributed by atoms with E-state index < -0.39 is 0 Å². The van der Waals surface area contributed by atoms with Gasteiger partial charge in [0.2, 0.25) is 0 Å². The van der Waals surface area contributed by atoms with Crippen LogP contribution in [0.5, 0.6) is 0 Å². The van der Waals surface area contributed by atoms with Crippen LogP contribution in [-0.4, -0.2) is 49.3 Å². The van der Waals surface area contributed by atoms with E-state index in [2.05, 4.69) is 31.9 Å². The molecular formula is C32H54N8Zn. The normalized spacial score (nSPS) is 56.2. The van der Waals surface area contributed by atoms with Gasteiger partial charge >= 0.3 is 19.5 Å². The molecule has 8 nitrogen and oxygen atoms in total. The zero-order chi connectivity index (χ0) is 26.2. The Bertz CT molecular complexity index is 716. The first-order chi connectivity index (χ1) is 19.8. The minimum atomic E-state index is 0. The van der Waals surface area contributed by atoms with E-state index in [9.17, 15) is 0 Å². The van der Waals surface area contributed by atoms with Gasteiger partial charge in [-0.25, -0.2) is 0 Å². The molecule has 5 heterocycles. The van der Waals surface area contributed by atoms with E-state index in [4.69, 9.17) is 10.6 Å². The maximum Gasteiger partial charge on any atom is 2.00 e. The fraction of sp³-hybridized carbons (Fsp3) is 1.00. The first-order valence-electron chi connectivity index (χ1n) is 17.8. The molecule has 0 radical (unpaired) electrons. The fourth-order valence-corrected chi connectivity index (χ4v) is 11.7. The molecule has 9 aliphatic rings. The van der Waals surface area contributed by atoms with Crippen molar-refractivity contribution in [2.45, 2.75) is 152 Å². The predicted molar refractivity (Wildman–Crippen MR) is 158 cm³/mol. The molecule has 5 aliphatic heterocycles. The molecule has 5 saturated heterocycles. The summed E-state index contributed by atoms with van der Waals surface area (Å²) in [6.07, 6.45) is 24.4. The van der Waals surface area contributed by atoms with Crippen molar-refractivity contribution in [3.8, 4) is 0 Å². The summed E-state index contributed by atoms with van der Waals surface area (Å²) >= 11 is 0. The molecule has 0 amide bonds. The monoisotopic (exact) mass is 614 g/mol. The van der Waals surface area contributed by atoms with Gasteiger partial charge in [-0.3, -0.25) is 10.6 Å². The minimum absolute atomic E-state index is 0. The van der Waals surface area contributed by atoms with Crippen LogP contribution in [0, 0.1) is 47.3 Å². The SMILES string of the molecule is C1CCC2C3[N-]C(NC4NC([N-]C5NC(NC6NC(N3)C3CCCCC63)C3CCCCC53)C3CCCCC43)C2C1.[Zn+2]. The Labute approximate surface area is 260 Å². The van der Waals surface area contributed by atoms with Crippen LogP contribution in [0.1, 0.15) is 103 Å². The summed E-state index contributed by atoms with van der Waals surface area (Å²) in [6, 6.07) is 0. The third kappa shape index (κ3) is 5.04. The van der Waals surface area contributed by atoms with Crippen LogP contribution in [0.3, 0.4) is 0 Å². The van der Waals surface area contributed by atoms with E-state index in [1.165, 1.54) is 103 Å². The van der Waals surface area contributed by atoms with E-state index in [1.807, 2.05) is 0 Å². The van der Waals surface area contributed by atoms with Gasteiger partial charge in [0.1, 0.15) is 0 Å². The van der Waals surface area contributed by atoms with Crippen molar-refractivity contribution in [1.82, 2.24) is 31.9 Å². The summed E-state index contributed by atoms with van der Waals surface area (Å²) in [6.45, 7) is 0. The number of rotatable bonds is 0. The zero-order valence-corrected chi connectivity index (χ0v) is 28.1. The quantitative estimate of drug-likeness (QED) is 0.229. The fourth-order valence-electron chi connectivity index (χ4n) is 11.7. The van der Waals surface area contributed by atoms with Gasteiger partial charge in [0, 0.05) is 0 Å². The molecule has 0 aromatic rings. The largest absolute Gasteiger partial charge is 2.00 e. The molecular weight excluding hydrogens is 562 g/mol. The van der Waals surface area contributed by atoms with Crippen molar-refractivity contribution < 1.29 is 19.5 Å². The van der Waals surface area contributed by atoms with E-state index >= 15 is 0 Å². The maximum absolute atomic E-state index is 5.71. The molecule has 0 spiro atoms. The van der Waals surface area contributed by atoms with Crippen molar-refractivity contribution in [2.24, 2.45) is 47.3 Å². The van der Waals surface area contributed by atoms with E-state index in [0.29, 0.717) is 60.2 Å². The Kier molecular flexibility index (Phi) is 8.35. The number of fused-ring (bicyclic) bond motifs is 20. The Morgan fingerprint density at radius 2 is 0.512 bits per heavy atom. The summed E-state index contributed by atoms with van der Waals surface area (Å²) in [5.74, 6) is 5.57. The summed E-state index contributed by atoms with van der Waals surface area (Å²) in [4.78, 5) is 0. The van der Waals surface area contributed by atoms with Gasteiger partial charge in [0.15, 0.2) is 0 Å². The van der Waals surface area contributed by atoms with Crippen LogP contribution < -0.4 is 31.9 Å².